The average Bonchev–Trinajstić information content (AvgIpc) is 2.81. The van der Waals surface area contributed by atoms with Crippen LogP contribution in [0, 0.1) is 0 Å². The maximum Gasteiger partial charge on any atom is 0.326 e. The fourth-order valence-corrected chi connectivity index (χ4v) is 2.05. The molecule has 0 atom stereocenters. The summed E-state index contributed by atoms with van der Waals surface area (Å²) in [7, 11) is 0. The van der Waals surface area contributed by atoms with Crippen molar-refractivity contribution in [1.82, 2.24) is 9.97 Å². The van der Waals surface area contributed by atoms with Gasteiger partial charge in [0.25, 0.3) is 0 Å². The van der Waals surface area contributed by atoms with E-state index in [0.717, 1.165) is 22.5 Å². The van der Waals surface area contributed by atoms with E-state index in [0.29, 0.717) is 5.69 Å². The number of hydrogen-bond donors (Lipinski definition) is 3. The van der Waals surface area contributed by atoms with Gasteiger partial charge in [-0.2, -0.15) is 0 Å². The van der Waals surface area contributed by atoms with E-state index in [2.05, 4.69) is 15.0 Å². The van der Waals surface area contributed by atoms with E-state index < -0.39 is 5.69 Å². The molecule has 1 aromatic carbocycles. The summed E-state index contributed by atoms with van der Waals surface area (Å²) in [5.41, 5.74) is 3.59. The lowest BCUT2D eigenvalue weighted by molar-refractivity contribution is 0.454. The Kier molecular flexibility index (Phi) is 2.19. The standard InChI is InChI=1S/C13H11N3O2/c1-7-9(6-11-12(17)16-13(18)15-11)8-4-2-3-5-10(8)14-7/h2-6,17H,1H3,(H2,15,16,18). The molecule has 0 spiro atoms. The summed E-state index contributed by atoms with van der Waals surface area (Å²) in [6.07, 6.45) is 1.72. The van der Waals surface area contributed by atoms with Crippen molar-refractivity contribution in [3.8, 4) is 5.88 Å². The van der Waals surface area contributed by atoms with Crippen molar-refractivity contribution in [2.75, 3.05) is 0 Å². The van der Waals surface area contributed by atoms with E-state index in [-0.39, 0.29) is 5.88 Å². The van der Waals surface area contributed by atoms with Crippen LogP contribution in [0.4, 0.5) is 5.69 Å². The third-order valence-electron chi connectivity index (χ3n) is 2.90. The molecular formula is C13H11N3O2. The number of nitrogens with one attached hydrogen (secondary N) is 2. The molecule has 1 aromatic heterocycles. The molecule has 1 aliphatic heterocycles. The zero-order valence-corrected chi connectivity index (χ0v) is 9.69. The molecule has 0 amide bonds. The lowest BCUT2D eigenvalue weighted by Gasteiger charge is -2.00. The van der Waals surface area contributed by atoms with E-state index in [1.165, 1.54) is 0 Å². The third kappa shape index (κ3) is 1.57. The van der Waals surface area contributed by atoms with Crippen LogP contribution < -0.4 is 5.69 Å². The van der Waals surface area contributed by atoms with E-state index in [1.807, 2.05) is 31.2 Å². The first-order chi connectivity index (χ1) is 8.65. The minimum atomic E-state index is -0.430. The van der Waals surface area contributed by atoms with Gasteiger partial charge in [0.05, 0.1) is 5.69 Å². The maximum absolute atomic E-state index is 11.1. The Morgan fingerprint density at radius 2 is 2.06 bits per heavy atom. The van der Waals surface area contributed by atoms with Crippen molar-refractivity contribution in [2.45, 2.75) is 6.92 Å². The van der Waals surface area contributed by atoms with Crippen molar-refractivity contribution in [1.29, 1.82) is 0 Å². The third-order valence-corrected chi connectivity index (χ3v) is 2.90. The number of aliphatic imine (C=N–C) groups is 1. The minimum Gasteiger partial charge on any atom is -0.493 e. The molecule has 0 bridgehead atoms. The highest BCUT2D eigenvalue weighted by Crippen LogP contribution is 2.35. The van der Waals surface area contributed by atoms with Gasteiger partial charge in [-0.15, -0.1) is 0 Å². The van der Waals surface area contributed by atoms with Gasteiger partial charge in [0.2, 0.25) is 5.88 Å². The predicted octanol–water partition coefficient (Wildman–Crippen LogP) is 2.06. The van der Waals surface area contributed by atoms with Gasteiger partial charge in [-0.1, -0.05) is 18.2 Å². The van der Waals surface area contributed by atoms with Crippen LogP contribution in [0.5, 0.6) is 5.88 Å². The van der Waals surface area contributed by atoms with Gasteiger partial charge in [0, 0.05) is 16.8 Å². The fourth-order valence-electron chi connectivity index (χ4n) is 2.05. The zero-order valence-electron chi connectivity index (χ0n) is 9.69. The second-order valence-electron chi connectivity index (χ2n) is 4.11. The normalized spacial score (nSPS) is 15.8. The molecule has 0 unspecified atom stereocenters. The summed E-state index contributed by atoms with van der Waals surface area (Å²) in [5, 5.41) is 9.55. The smallest absolute Gasteiger partial charge is 0.326 e. The van der Waals surface area contributed by atoms with Crippen molar-refractivity contribution >= 4 is 23.0 Å². The summed E-state index contributed by atoms with van der Waals surface area (Å²) in [5.74, 6) is -0.162. The van der Waals surface area contributed by atoms with Crippen LogP contribution in [-0.4, -0.2) is 20.8 Å². The number of benzene rings is 1. The number of allylic oxidation sites excluding steroid dienone is 1. The van der Waals surface area contributed by atoms with Gasteiger partial charge in [-0.3, -0.25) is 9.98 Å². The minimum absolute atomic E-state index is 0.162. The van der Waals surface area contributed by atoms with Gasteiger partial charge < -0.3 is 10.1 Å². The predicted molar refractivity (Wildman–Crippen MR) is 70.2 cm³/mol. The summed E-state index contributed by atoms with van der Waals surface area (Å²) < 4.78 is 0. The SMILES string of the molecule is CC1=Nc2ccccc2C1=Cc1[nH]c(=O)[nH]c1O. The number of aromatic nitrogens is 2. The first-order valence-electron chi connectivity index (χ1n) is 5.53. The van der Waals surface area contributed by atoms with Crippen LogP contribution in [0.1, 0.15) is 18.2 Å². The second-order valence-corrected chi connectivity index (χ2v) is 4.11. The number of H-pyrrole nitrogens is 2. The average molecular weight is 241 g/mol. The topological polar surface area (TPSA) is 81.2 Å². The number of nitrogens with zero attached hydrogens (tertiary/aromatic N) is 1. The molecule has 90 valence electrons. The molecule has 0 saturated carbocycles. The Balaban J connectivity index is 2.16. The van der Waals surface area contributed by atoms with Crippen LogP contribution in [0.3, 0.4) is 0 Å². The van der Waals surface area contributed by atoms with E-state index in [4.69, 9.17) is 0 Å². The number of aromatic amines is 2. The first kappa shape index (κ1) is 10.6. The summed E-state index contributed by atoms with van der Waals surface area (Å²) in [4.78, 5) is 20.3. The van der Waals surface area contributed by atoms with Gasteiger partial charge in [-0.25, -0.2) is 4.79 Å². The second kappa shape index (κ2) is 3.73. The summed E-state index contributed by atoms with van der Waals surface area (Å²) in [6.45, 7) is 1.90. The summed E-state index contributed by atoms with van der Waals surface area (Å²) >= 11 is 0. The molecule has 0 radical (unpaired) electrons. The van der Waals surface area contributed by atoms with Crippen molar-refractivity contribution in [3.63, 3.8) is 0 Å². The maximum atomic E-state index is 11.1. The molecule has 0 saturated heterocycles. The molecule has 5 heteroatoms. The van der Waals surface area contributed by atoms with Crippen molar-refractivity contribution in [2.24, 2.45) is 4.99 Å². The van der Waals surface area contributed by atoms with E-state index in [1.54, 1.807) is 6.08 Å². The number of aromatic hydroxyl groups is 1. The van der Waals surface area contributed by atoms with Gasteiger partial charge in [-0.05, 0) is 19.1 Å². The Labute approximate surface area is 103 Å². The highest BCUT2D eigenvalue weighted by Gasteiger charge is 2.17. The highest BCUT2D eigenvalue weighted by atomic mass is 16.3. The van der Waals surface area contributed by atoms with E-state index >= 15 is 0 Å². The highest BCUT2D eigenvalue weighted by molar-refractivity contribution is 6.31. The molecule has 3 N–H and O–H groups in total. The van der Waals surface area contributed by atoms with Crippen LogP contribution in [0.2, 0.25) is 0 Å². The molecule has 2 heterocycles. The van der Waals surface area contributed by atoms with Gasteiger partial charge in [0.15, 0.2) is 0 Å². The Hall–Kier alpha value is -2.56. The Bertz CT molecular complexity index is 735. The monoisotopic (exact) mass is 241 g/mol. The number of hydrogen-bond acceptors (Lipinski definition) is 3. The molecule has 3 rings (SSSR count). The van der Waals surface area contributed by atoms with Gasteiger partial charge in [0.1, 0.15) is 5.69 Å². The molecule has 5 nitrogen and oxygen atoms in total. The van der Waals surface area contributed by atoms with Crippen LogP contribution >= 0.6 is 0 Å². The van der Waals surface area contributed by atoms with E-state index in [9.17, 15) is 9.90 Å². The number of imidazole rings is 1. The number of para-hydroxylation sites is 1. The van der Waals surface area contributed by atoms with Crippen LogP contribution in [-0.2, 0) is 0 Å². The number of fused-ring (bicyclic) bond motifs is 1. The van der Waals surface area contributed by atoms with Crippen molar-refractivity contribution < 1.29 is 5.11 Å². The summed E-state index contributed by atoms with van der Waals surface area (Å²) in [6, 6.07) is 7.75. The van der Waals surface area contributed by atoms with Crippen molar-refractivity contribution in [3.05, 3.63) is 46.0 Å². The largest absolute Gasteiger partial charge is 0.493 e. The fraction of sp³-hybridized carbons (Fsp3) is 0.0769. The van der Waals surface area contributed by atoms with Gasteiger partial charge >= 0.3 is 5.69 Å². The lowest BCUT2D eigenvalue weighted by Crippen LogP contribution is -2.00. The zero-order chi connectivity index (χ0) is 12.7. The lowest BCUT2D eigenvalue weighted by atomic mass is 10.0. The Morgan fingerprint density at radius 3 is 2.78 bits per heavy atom. The molecular weight excluding hydrogens is 230 g/mol. The van der Waals surface area contributed by atoms with Crippen LogP contribution in [0.15, 0.2) is 34.1 Å². The quantitative estimate of drug-likeness (QED) is 0.714. The molecule has 1 aliphatic rings. The molecule has 18 heavy (non-hydrogen) atoms. The Morgan fingerprint density at radius 1 is 1.28 bits per heavy atom. The first-order valence-corrected chi connectivity index (χ1v) is 5.53. The molecule has 0 aliphatic carbocycles. The van der Waals surface area contributed by atoms with Crippen LogP contribution in [0.25, 0.3) is 11.6 Å². The number of rotatable bonds is 1. The molecule has 0 fully saturated rings. The molecule has 2 aromatic rings.